The van der Waals surface area contributed by atoms with Gasteiger partial charge in [0, 0.05) is 0 Å². The predicted octanol–water partition coefficient (Wildman–Crippen LogP) is 1.34. The number of fused-ring (bicyclic) bond motifs is 7. The maximum absolute atomic E-state index is 13.2. The average molecular weight is 913 g/mol. The van der Waals surface area contributed by atoms with Crippen molar-refractivity contribution in [2.75, 3.05) is 13.2 Å². The highest BCUT2D eigenvalue weighted by Crippen LogP contribution is 2.76. The Labute approximate surface area is 376 Å². The lowest BCUT2D eigenvalue weighted by atomic mass is 9.33. The fourth-order valence-corrected chi connectivity index (χ4v) is 14.9. The van der Waals surface area contributed by atoms with E-state index in [-0.39, 0.29) is 40.6 Å². The summed E-state index contributed by atoms with van der Waals surface area (Å²) < 4.78 is 36.3. The first-order valence-electron chi connectivity index (χ1n) is 23.7. The van der Waals surface area contributed by atoms with E-state index in [0.29, 0.717) is 19.3 Å². The third kappa shape index (κ3) is 7.40. The fraction of sp³-hybridized carbons (Fsp3) is 0.936. The molecule has 8 rings (SSSR count). The van der Waals surface area contributed by atoms with Crippen molar-refractivity contribution in [2.24, 2.45) is 50.2 Å². The van der Waals surface area contributed by atoms with Gasteiger partial charge in [0.25, 0.3) is 0 Å². The number of ether oxygens (including phenoxy) is 6. The van der Waals surface area contributed by atoms with Gasteiger partial charge >= 0.3 is 5.97 Å². The molecule has 64 heavy (non-hydrogen) atoms. The summed E-state index contributed by atoms with van der Waals surface area (Å²) >= 11 is 0. The van der Waals surface area contributed by atoms with E-state index in [1.54, 1.807) is 0 Å². The number of aliphatic carboxylic acids is 1. The first kappa shape index (κ1) is 49.0. The number of rotatable bonds is 8. The molecular weight excluding hydrogens is 837 g/mol. The number of carbonyl (C=O) groups is 1. The van der Waals surface area contributed by atoms with Crippen LogP contribution in [0.2, 0.25) is 0 Å². The third-order valence-electron chi connectivity index (χ3n) is 19.0. The molecule has 10 N–H and O–H groups in total. The van der Waals surface area contributed by atoms with E-state index in [1.165, 1.54) is 12.5 Å². The Balaban J connectivity index is 1.01. The van der Waals surface area contributed by atoms with Gasteiger partial charge in [-0.2, -0.15) is 0 Å². The Kier molecular flexibility index (Phi) is 13.0. The van der Waals surface area contributed by atoms with Gasteiger partial charge in [-0.25, -0.2) is 0 Å². The van der Waals surface area contributed by atoms with E-state index in [2.05, 4.69) is 54.5 Å². The minimum atomic E-state index is -1.81. The highest BCUT2D eigenvalue weighted by atomic mass is 16.8. The molecule has 23 atom stereocenters. The van der Waals surface area contributed by atoms with Crippen molar-refractivity contribution in [2.45, 2.75) is 211 Å². The van der Waals surface area contributed by atoms with Crippen molar-refractivity contribution >= 4 is 5.97 Å². The summed E-state index contributed by atoms with van der Waals surface area (Å²) in [5.74, 6) is -0.697. The number of hydrogen-bond acceptors (Lipinski definition) is 16. The standard InChI is InChI=1S/C47H76O17/c1-21-30(51)36(63-38-34(55)33(54)32(53)25(19-48)61-38)35(56)39(60-21)64-37-31(52)24(49)20-59-40(37)62-29-12-13-44(6)26(43(29,4)5)11-14-45(7)27(44)10-9-22-23-17-42(2,3)15-16-47(23,41(57)58)28(50)18-46(22,45)8/h9,21,23-40,48-56H,10-20H2,1-8H3,(H,57,58)/t21-,23-,24-,25+,26-,27+,28+,29-,30-,31-,32+,33-,34+,35+,36+,37+,38-,39-,40-,44-,45+,46+,47+/m0/s1. The molecule has 5 aliphatic carbocycles. The average Bonchev–Trinajstić information content (AvgIpc) is 3.21. The van der Waals surface area contributed by atoms with Crippen LogP contribution in [0.3, 0.4) is 0 Å². The quantitative estimate of drug-likeness (QED) is 0.122. The summed E-state index contributed by atoms with van der Waals surface area (Å²) in [7, 11) is 0. The van der Waals surface area contributed by atoms with Crippen molar-refractivity contribution < 1.29 is 84.3 Å². The lowest BCUT2D eigenvalue weighted by Crippen LogP contribution is -2.68. The molecule has 0 aromatic carbocycles. The Bertz CT molecular complexity index is 1760. The summed E-state index contributed by atoms with van der Waals surface area (Å²) in [6, 6.07) is 0. The Morgan fingerprint density at radius 3 is 2.06 bits per heavy atom. The number of allylic oxidation sites excluding steroid dienone is 2. The van der Waals surface area contributed by atoms with Crippen molar-refractivity contribution in [3.63, 3.8) is 0 Å². The van der Waals surface area contributed by atoms with Crippen LogP contribution in [0.5, 0.6) is 0 Å². The second-order valence-electron chi connectivity index (χ2n) is 23.1. The molecule has 0 spiro atoms. The molecule has 0 radical (unpaired) electrons. The van der Waals surface area contributed by atoms with Gasteiger partial charge in [0.2, 0.25) is 0 Å². The normalized spacial score (nSPS) is 54.6. The first-order chi connectivity index (χ1) is 29.8. The van der Waals surface area contributed by atoms with Crippen LogP contribution in [0.1, 0.15) is 113 Å². The van der Waals surface area contributed by atoms with Gasteiger partial charge in [-0.3, -0.25) is 4.79 Å². The molecule has 0 aromatic rings. The van der Waals surface area contributed by atoms with Gasteiger partial charge in [-0.1, -0.05) is 60.1 Å². The van der Waals surface area contributed by atoms with Gasteiger partial charge in [-0.05, 0) is 110 Å². The molecule has 3 aliphatic heterocycles. The number of aliphatic hydroxyl groups excluding tert-OH is 9. The van der Waals surface area contributed by atoms with Crippen LogP contribution < -0.4 is 0 Å². The van der Waals surface area contributed by atoms with E-state index >= 15 is 0 Å². The second kappa shape index (κ2) is 16.9. The zero-order valence-electron chi connectivity index (χ0n) is 38.7. The lowest BCUT2D eigenvalue weighted by Gasteiger charge is -2.71. The molecule has 17 heteroatoms. The Morgan fingerprint density at radius 1 is 0.719 bits per heavy atom. The van der Waals surface area contributed by atoms with Crippen molar-refractivity contribution in [1.29, 1.82) is 0 Å². The SMILES string of the molecule is C[C@@H]1O[C@@H](O[C@H]2[C@H](O[C@H]3CC[C@]4(C)[C@H]5CC=C6[C@@H]7CC(C)(C)CC[C@]7(C(=O)O)[C@H](O)C[C@@]6(C)[C@]5(C)CC[C@H]4C3(C)C)OC[C@H](O)[C@@H]2O)[C@H](O)[C@H](O[C@@H]2O[C@H](CO)[C@@H](O)[C@H](O)[C@H]2O)[C@H]1O. The summed E-state index contributed by atoms with van der Waals surface area (Å²) in [4.78, 5) is 13.2. The van der Waals surface area contributed by atoms with Gasteiger partial charge in [0.05, 0.1) is 31.5 Å². The van der Waals surface area contributed by atoms with E-state index in [1.807, 2.05) is 0 Å². The van der Waals surface area contributed by atoms with Crippen molar-refractivity contribution in [3.8, 4) is 0 Å². The maximum Gasteiger partial charge on any atom is 0.312 e. The molecule has 0 amide bonds. The van der Waals surface area contributed by atoms with Crippen LogP contribution in [-0.4, -0.2) is 168 Å². The topological polar surface area (TPSA) is 275 Å². The predicted molar refractivity (Wildman–Crippen MR) is 225 cm³/mol. The number of hydrogen-bond donors (Lipinski definition) is 10. The van der Waals surface area contributed by atoms with E-state index < -0.39 is 127 Å². The molecule has 8 aliphatic rings. The summed E-state index contributed by atoms with van der Waals surface area (Å²) in [6.07, 6.45) is -13.8. The smallest absolute Gasteiger partial charge is 0.312 e. The van der Waals surface area contributed by atoms with Crippen LogP contribution in [0.25, 0.3) is 0 Å². The van der Waals surface area contributed by atoms with Gasteiger partial charge < -0.3 is 79.5 Å². The zero-order chi connectivity index (χ0) is 46.9. The molecule has 0 bridgehead atoms. The largest absolute Gasteiger partial charge is 0.481 e. The molecule has 0 aromatic heterocycles. The molecule has 3 heterocycles. The van der Waals surface area contributed by atoms with Gasteiger partial charge in [0.1, 0.15) is 66.5 Å². The van der Waals surface area contributed by atoms with E-state index in [0.717, 1.165) is 38.5 Å². The Morgan fingerprint density at radius 2 is 1.39 bits per heavy atom. The molecule has 366 valence electrons. The van der Waals surface area contributed by atoms with Crippen LogP contribution in [-0.2, 0) is 33.2 Å². The Hall–Kier alpha value is -1.39. The zero-order valence-corrected chi connectivity index (χ0v) is 38.7. The van der Waals surface area contributed by atoms with Gasteiger partial charge in [0.15, 0.2) is 18.9 Å². The lowest BCUT2D eigenvalue weighted by molar-refractivity contribution is -0.382. The first-order valence-corrected chi connectivity index (χ1v) is 23.7. The third-order valence-corrected chi connectivity index (χ3v) is 19.0. The number of aliphatic hydroxyl groups is 9. The number of carboxylic acid groups (broad SMARTS) is 1. The summed E-state index contributed by atoms with van der Waals surface area (Å²) in [6.45, 7) is 16.4. The minimum absolute atomic E-state index is 0.0370. The van der Waals surface area contributed by atoms with E-state index in [4.69, 9.17) is 28.4 Å². The van der Waals surface area contributed by atoms with Crippen molar-refractivity contribution in [3.05, 3.63) is 11.6 Å². The summed E-state index contributed by atoms with van der Waals surface area (Å²) in [5.41, 5.74) is -1.17. The number of carboxylic acids is 1. The molecule has 7 fully saturated rings. The van der Waals surface area contributed by atoms with Gasteiger partial charge in [-0.15, -0.1) is 0 Å². The molecule has 0 unspecified atom stereocenters. The second-order valence-corrected chi connectivity index (χ2v) is 23.1. The molecule has 17 nitrogen and oxygen atoms in total. The molecule has 4 saturated carbocycles. The monoisotopic (exact) mass is 913 g/mol. The highest BCUT2D eigenvalue weighted by molar-refractivity contribution is 5.77. The minimum Gasteiger partial charge on any atom is -0.481 e. The summed E-state index contributed by atoms with van der Waals surface area (Å²) in [5, 5.41) is 108. The van der Waals surface area contributed by atoms with Crippen LogP contribution in [0.4, 0.5) is 0 Å². The van der Waals surface area contributed by atoms with Crippen LogP contribution in [0, 0.1) is 50.2 Å². The van der Waals surface area contributed by atoms with E-state index in [9.17, 15) is 55.9 Å². The van der Waals surface area contributed by atoms with Crippen molar-refractivity contribution in [1.82, 2.24) is 0 Å². The fourth-order valence-electron chi connectivity index (χ4n) is 14.9. The molecular formula is C47H76O17. The van der Waals surface area contributed by atoms with Crippen LogP contribution in [0.15, 0.2) is 11.6 Å². The van der Waals surface area contributed by atoms with Crippen LogP contribution >= 0.6 is 0 Å². The maximum atomic E-state index is 13.2. The highest BCUT2D eigenvalue weighted by Gasteiger charge is 2.71. The molecule has 3 saturated heterocycles.